The van der Waals surface area contributed by atoms with Crippen molar-refractivity contribution in [3.05, 3.63) is 70.9 Å². The number of aliphatic carboxylic acids is 1. The highest BCUT2D eigenvalue weighted by Gasteiger charge is 2.21. The standard InChI is InChI=1S/C21H16N2O4/c22-12-16-15-8-4-7-14(11-13-5-2-1-3-6-13)19(15)23-20(21(16)27)17(24)9-10-18(25)26/h1-8,27H,9-11H2,(H,25,26). The van der Waals surface area contributed by atoms with Gasteiger partial charge in [0.1, 0.15) is 17.3 Å². The first-order valence-corrected chi connectivity index (χ1v) is 8.35. The maximum absolute atomic E-state index is 12.4. The number of carboxylic acids is 1. The molecule has 1 aromatic heterocycles. The molecule has 0 aliphatic heterocycles. The van der Waals surface area contributed by atoms with E-state index >= 15 is 0 Å². The van der Waals surface area contributed by atoms with Crippen molar-refractivity contribution in [1.29, 1.82) is 5.26 Å². The monoisotopic (exact) mass is 360 g/mol. The van der Waals surface area contributed by atoms with Crippen LogP contribution in [-0.2, 0) is 11.2 Å². The fraction of sp³-hybridized carbons (Fsp3) is 0.143. The summed E-state index contributed by atoms with van der Waals surface area (Å²) >= 11 is 0. The Hall–Kier alpha value is -3.72. The molecule has 2 N–H and O–H groups in total. The number of carbonyl (C=O) groups is 2. The predicted octanol–water partition coefficient (Wildman–Crippen LogP) is 3.45. The number of Topliss-reactive ketones (excluding diaryl/α,β-unsaturated/α-hetero) is 1. The highest BCUT2D eigenvalue weighted by Crippen LogP contribution is 2.31. The second-order valence-corrected chi connectivity index (χ2v) is 6.09. The second kappa shape index (κ2) is 7.67. The van der Waals surface area contributed by atoms with Gasteiger partial charge < -0.3 is 10.2 Å². The fourth-order valence-electron chi connectivity index (χ4n) is 2.94. The van der Waals surface area contributed by atoms with Crippen molar-refractivity contribution in [2.75, 3.05) is 0 Å². The molecule has 0 bridgehead atoms. The normalized spacial score (nSPS) is 10.5. The van der Waals surface area contributed by atoms with Crippen LogP contribution in [0.2, 0.25) is 0 Å². The molecule has 0 aliphatic rings. The molecule has 0 aliphatic carbocycles. The Bertz CT molecular complexity index is 1070. The summed E-state index contributed by atoms with van der Waals surface area (Å²) in [6, 6.07) is 16.9. The second-order valence-electron chi connectivity index (χ2n) is 6.09. The van der Waals surface area contributed by atoms with Crippen LogP contribution in [0.15, 0.2) is 48.5 Å². The Morgan fingerprint density at radius 3 is 2.44 bits per heavy atom. The average Bonchev–Trinajstić information content (AvgIpc) is 2.66. The molecule has 0 atom stereocenters. The van der Waals surface area contributed by atoms with E-state index in [1.54, 1.807) is 12.1 Å². The molecule has 0 radical (unpaired) electrons. The van der Waals surface area contributed by atoms with Crippen molar-refractivity contribution in [2.45, 2.75) is 19.3 Å². The summed E-state index contributed by atoms with van der Waals surface area (Å²) in [5, 5.41) is 29.1. The molecule has 27 heavy (non-hydrogen) atoms. The summed E-state index contributed by atoms with van der Waals surface area (Å²) < 4.78 is 0. The van der Waals surface area contributed by atoms with Gasteiger partial charge in [-0.2, -0.15) is 5.26 Å². The SMILES string of the molecule is N#Cc1c(O)c(C(=O)CCC(=O)O)nc2c(Cc3ccccc3)cccc12. The van der Waals surface area contributed by atoms with Gasteiger partial charge in [0, 0.05) is 11.8 Å². The lowest BCUT2D eigenvalue weighted by atomic mass is 9.98. The van der Waals surface area contributed by atoms with Gasteiger partial charge in [-0.25, -0.2) is 4.98 Å². The van der Waals surface area contributed by atoms with Gasteiger partial charge in [-0.15, -0.1) is 0 Å². The minimum Gasteiger partial charge on any atom is -0.504 e. The number of carboxylic acid groups (broad SMARTS) is 1. The third-order valence-electron chi connectivity index (χ3n) is 4.25. The minimum atomic E-state index is -1.12. The first kappa shape index (κ1) is 18.1. The van der Waals surface area contributed by atoms with Crippen molar-refractivity contribution in [2.24, 2.45) is 0 Å². The molecular weight excluding hydrogens is 344 g/mol. The number of nitrogens with zero attached hydrogens (tertiary/aromatic N) is 2. The van der Waals surface area contributed by atoms with Crippen LogP contribution in [-0.4, -0.2) is 26.9 Å². The molecule has 0 amide bonds. The van der Waals surface area contributed by atoms with Gasteiger partial charge in [-0.05, 0) is 17.5 Å². The van der Waals surface area contributed by atoms with Crippen molar-refractivity contribution in [1.82, 2.24) is 4.98 Å². The van der Waals surface area contributed by atoms with E-state index in [1.165, 1.54) is 0 Å². The molecular formula is C21H16N2O4. The van der Waals surface area contributed by atoms with Gasteiger partial charge in [0.25, 0.3) is 0 Å². The molecule has 6 nitrogen and oxygen atoms in total. The summed E-state index contributed by atoms with van der Waals surface area (Å²) in [5.74, 6) is -2.23. The third-order valence-corrected chi connectivity index (χ3v) is 4.25. The Kier molecular flexibility index (Phi) is 5.13. The number of aromatic nitrogens is 1. The number of nitriles is 1. The van der Waals surface area contributed by atoms with E-state index in [9.17, 15) is 20.0 Å². The molecule has 0 saturated heterocycles. The van der Waals surface area contributed by atoms with Crippen LogP contribution in [0, 0.1) is 11.3 Å². The Labute approximate surface area is 155 Å². The summed E-state index contributed by atoms with van der Waals surface area (Å²) in [7, 11) is 0. The summed E-state index contributed by atoms with van der Waals surface area (Å²) in [6.07, 6.45) is -0.123. The predicted molar refractivity (Wildman–Crippen MR) is 98.6 cm³/mol. The van der Waals surface area contributed by atoms with Gasteiger partial charge in [0.05, 0.1) is 11.9 Å². The van der Waals surface area contributed by atoms with Crippen LogP contribution in [0.25, 0.3) is 10.9 Å². The molecule has 134 valence electrons. The zero-order valence-corrected chi connectivity index (χ0v) is 14.3. The number of benzene rings is 2. The van der Waals surface area contributed by atoms with Crippen LogP contribution < -0.4 is 0 Å². The van der Waals surface area contributed by atoms with Gasteiger partial charge in [-0.1, -0.05) is 48.5 Å². The van der Waals surface area contributed by atoms with E-state index < -0.39 is 17.5 Å². The highest BCUT2D eigenvalue weighted by atomic mass is 16.4. The number of carbonyl (C=O) groups excluding carboxylic acids is 1. The van der Waals surface area contributed by atoms with E-state index in [-0.39, 0.29) is 24.1 Å². The lowest BCUT2D eigenvalue weighted by Gasteiger charge is -2.11. The number of hydrogen-bond acceptors (Lipinski definition) is 5. The van der Waals surface area contributed by atoms with Gasteiger partial charge in [0.2, 0.25) is 0 Å². The largest absolute Gasteiger partial charge is 0.504 e. The summed E-state index contributed by atoms with van der Waals surface area (Å²) in [4.78, 5) is 27.4. The van der Waals surface area contributed by atoms with Crippen molar-refractivity contribution in [3.63, 3.8) is 0 Å². The molecule has 0 saturated carbocycles. The van der Waals surface area contributed by atoms with Crippen molar-refractivity contribution < 1.29 is 19.8 Å². The van der Waals surface area contributed by atoms with Gasteiger partial charge >= 0.3 is 5.97 Å². The van der Waals surface area contributed by atoms with Gasteiger partial charge in [0.15, 0.2) is 11.5 Å². The van der Waals surface area contributed by atoms with E-state index in [4.69, 9.17) is 5.11 Å². The fourth-order valence-corrected chi connectivity index (χ4v) is 2.94. The third kappa shape index (κ3) is 3.77. The average molecular weight is 360 g/mol. The van der Waals surface area contributed by atoms with E-state index in [2.05, 4.69) is 4.98 Å². The summed E-state index contributed by atoms with van der Waals surface area (Å²) in [5.41, 5.74) is 2.00. The van der Waals surface area contributed by atoms with Crippen molar-refractivity contribution >= 4 is 22.7 Å². The molecule has 0 unspecified atom stereocenters. The number of ketones is 1. The Balaban J connectivity index is 2.14. The molecule has 0 spiro atoms. The van der Waals surface area contributed by atoms with Crippen LogP contribution >= 0.6 is 0 Å². The van der Waals surface area contributed by atoms with E-state index in [0.29, 0.717) is 17.3 Å². The first-order valence-electron chi connectivity index (χ1n) is 8.35. The lowest BCUT2D eigenvalue weighted by Crippen LogP contribution is -2.08. The molecule has 2 aromatic carbocycles. The molecule has 6 heteroatoms. The first-order chi connectivity index (χ1) is 13.0. The van der Waals surface area contributed by atoms with E-state index in [0.717, 1.165) is 11.1 Å². The Morgan fingerprint density at radius 2 is 1.78 bits per heavy atom. The van der Waals surface area contributed by atoms with Crippen LogP contribution in [0.1, 0.15) is 40.0 Å². The molecule has 3 aromatic rings. The topological polar surface area (TPSA) is 111 Å². The maximum Gasteiger partial charge on any atom is 0.303 e. The molecule has 0 fully saturated rings. The van der Waals surface area contributed by atoms with Crippen LogP contribution in [0.4, 0.5) is 0 Å². The van der Waals surface area contributed by atoms with Crippen molar-refractivity contribution in [3.8, 4) is 11.8 Å². The Morgan fingerprint density at radius 1 is 1.04 bits per heavy atom. The smallest absolute Gasteiger partial charge is 0.303 e. The molecule has 1 heterocycles. The number of hydrogen-bond donors (Lipinski definition) is 2. The lowest BCUT2D eigenvalue weighted by molar-refractivity contribution is -0.136. The van der Waals surface area contributed by atoms with Crippen LogP contribution in [0.5, 0.6) is 5.75 Å². The molecule has 3 rings (SSSR count). The highest BCUT2D eigenvalue weighted by molar-refractivity contribution is 6.02. The number of para-hydroxylation sites is 1. The zero-order valence-electron chi connectivity index (χ0n) is 14.3. The summed E-state index contributed by atoms with van der Waals surface area (Å²) in [6.45, 7) is 0. The maximum atomic E-state index is 12.4. The number of rotatable bonds is 6. The quantitative estimate of drug-likeness (QED) is 0.651. The van der Waals surface area contributed by atoms with Gasteiger partial charge in [-0.3, -0.25) is 9.59 Å². The van der Waals surface area contributed by atoms with E-state index in [1.807, 2.05) is 42.5 Å². The number of pyridine rings is 1. The number of aromatic hydroxyl groups is 1. The minimum absolute atomic E-state index is 0.0337. The van der Waals surface area contributed by atoms with Crippen LogP contribution in [0.3, 0.4) is 0 Å². The zero-order chi connectivity index (χ0) is 19.4. The number of fused-ring (bicyclic) bond motifs is 1.